The first-order chi connectivity index (χ1) is 5.29. The van der Waals surface area contributed by atoms with Crippen LogP contribution in [-0.4, -0.2) is 7.05 Å². The predicted molar refractivity (Wildman–Crippen MR) is 48.6 cm³/mol. The number of nitrogens with one attached hydrogen (secondary N) is 1. The summed E-state index contributed by atoms with van der Waals surface area (Å²) in [5.74, 6) is 0. The monoisotopic (exact) mass is 150 g/mol. The van der Waals surface area contributed by atoms with E-state index in [-0.39, 0.29) is 0 Å². The summed E-state index contributed by atoms with van der Waals surface area (Å²) in [6.45, 7) is 2.67. The van der Waals surface area contributed by atoms with Crippen molar-refractivity contribution < 1.29 is 0 Å². The van der Waals surface area contributed by atoms with Crippen molar-refractivity contribution in [2.75, 3.05) is 12.4 Å². The zero-order valence-corrected chi connectivity index (χ0v) is 7.02. The molecular weight excluding hydrogens is 136 g/mol. The van der Waals surface area contributed by atoms with E-state index in [2.05, 4.69) is 18.3 Å². The first-order valence-electron chi connectivity index (χ1n) is 3.76. The SMILES string of the molecule is CNc1cccc(C)c1CN. The second-order valence-corrected chi connectivity index (χ2v) is 2.56. The van der Waals surface area contributed by atoms with Gasteiger partial charge in [-0.2, -0.15) is 0 Å². The van der Waals surface area contributed by atoms with Gasteiger partial charge in [-0.15, -0.1) is 0 Å². The lowest BCUT2D eigenvalue weighted by atomic mass is 10.1. The Morgan fingerprint density at radius 1 is 1.45 bits per heavy atom. The summed E-state index contributed by atoms with van der Waals surface area (Å²) in [5, 5.41) is 3.11. The van der Waals surface area contributed by atoms with Crippen LogP contribution in [0, 0.1) is 6.92 Å². The van der Waals surface area contributed by atoms with Gasteiger partial charge in [-0.3, -0.25) is 0 Å². The molecule has 0 bridgehead atoms. The average Bonchev–Trinajstić information content (AvgIpc) is 2.04. The number of hydrogen-bond donors (Lipinski definition) is 2. The van der Waals surface area contributed by atoms with E-state index in [0.717, 1.165) is 5.69 Å². The van der Waals surface area contributed by atoms with E-state index in [1.807, 2.05) is 19.2 Å². The standard InChI is InChI=1S/C9H14N2/c1-7-4-3-5-9(11-2)8(7)6-10/h3-5,11H,6,10H2,1-2H3. The predicted octanol–water partition coefficient (Wildman–Crippen LogP) is 1.50. The fourth-order valence-electron chi connectivity index (χ4n) is 1.21. The fraction of sp³-hybridized carbons (Fsp3) is 0.333. The Morgan fingerprint density at radius 2 is 2.18 bits per heavy atom. The van der Waals surface area contributed by atoms with Crippen molar-refractivity contribution in [3.05, 3.63) is 29.3 Å². The minimum Gasteiger partial charge on any atom is -0.388 e. The quantitative estimate of drug-likeness (QED) is 0.670. The summed E-state index contributed by atoms with van der Waals surface area (Å²) < 4.78 is 0. The first-order valence-corrected chi connectivity index (χ1v) is 3.76. The van der Waals surface area contributed by atoms with Crippen molar-refractivity contribution in [1.29, 1.82) is 0 Å². The number of nitrogens with two attached hydrogens (primary N) is 1. The highest BCUT2D eigenvalue weighted by molar-refractivity contribution is 5.53. The molecule has 3 N–H and O–H groups in total. The van der Waals surface area contributed by atoms with Crippen LogP contribution in [-0.2, 0) is 6.54 Å². The molecule has 11 heavy (non-hydrogen) atoms. The maximum Gasteiger partial charge on any atom is 0.0385 e. The van der Waals surface area contributed by atoms with Crippen LogP contribution in [0.15, 0.2) is 18.2 Å². The summed E-state index contributed by atoms with van der Waals surface area (Å²) in [7, 11) is 1.91. The Labute approximate surface area is 67.4 Å². The van der Waals surface area contributed by atoms with Gasteiger partial charge >= 0.3 is 0 Å². The summed E-state index contributed by atoms with van der Waals surface area (Å²) in [6, 6.07) is 6.14. The van der Waals surface area contributed by atoms with Crippen LogP contribution >= 0.6 is 0 Å². The largest absolute Gasteiger partial charge is 0.388 e. The second kappa shape index (κ2) is 3.39. The Kier molecular flexibility index (Phi) is 2.49. The van der Waals surface area contributed by atoms with Crippen LogP contribution in [0.25, 0.3) is 0 Å². The number of anilines is 1. The van der Waals surface area contributed by atoms with Gasteiger partial charge in [-0.1, -0.05) is 12.1 Å². The van der Waals surface area contributed by atoms with Gasteiger partial charge in [0.25, 0.3) is 0 Å². The molecule has 0 aromatic heterocycles. The molecule has 0 fully saturated rings. The van der Waals surface area contributed by atoms with Crippen molar-refractivity contribution in [3.8, 4) is 0 Å². The maximum atomic E-state index is 5.59. The van der Waals surface area contributed by atoms with E-state index in [9.17, 15) is 0 Å². The van der Waals surface area contributed by atoms with E-state index in [0.29, 0.717) is 6.54 Å². The van der Waals surface area contributed by atoms with Gasteiger partial charge in [-0.05, 0) is 24.1 Å². The zero-order valence-electron chi connectivity index (χ0n) is 7.02. The molecule has 0 amide bonds. The highest BCUT2D eigenvalue weighted by Gasteiger charge is 1.99. The Bertz CT molecular complexity index is 243. The highest BCUT2D eigenvalue weighted by atomic mass is 14.8. The Balaban J connectivity index is 3.13. The van der Waals surface area contributed by atoms with Gasteiger partial charge < -0.3 is 11.1 Å². The topological polar surface area (TPSA) is 38.0 Å². The fourth-order valence-corrected chi connectivity index (χ4v) is 1.21. The lowest BCUT2D eigenvalue weighted by Crippen LogP contribution is -2.03. The van der Waals surface area contributed by atoms with Crippen LogP contribution in [0.5, 0.6) is 0 Å². The normalized spacial score (nSPS) is 9.73. The minimum atomic E-state index is 0.600. The average molecular weight is 150 g/mol. The van der Waals surface area contributed by atoms with Gasteiger partial charge in [0.2, 0.25) is 0 Å². The first kappa shape index (κ1) is 8.08. The van der Waals surface area contributed by atoms with Crippen molar-refractivity contribution in [2.24, 2.45) is 5.73 Å². The zero-order chi connectivity index (χ0) is 8.27. The van der Waals surface area contributed by atoms with E-state index in [1.54, 1.807) is 0 Å². The molecule has 0 aliphatic heterocycles. The molecule has 0 aliphatic carbocycles. The molecular formula is C9H14N2. The van der Waals surface area contributed by atoms with E-state index < -0.39 is 0 Å². The van der Waals surface area contributed by atoms with Gasteiger partial charge in [0.1, 0.15) is 0 Å². The minimum absolute atomic E-state index is 0.600. The molecule has 0 spiro atoms. The van der Waals surface area contributed by atoms with Crippen molar-refractivity contribution in [1.82, 2.24) is 0 Å². The van der Waals surface area contributed by atoms with E-state index in [1.165, 1.54) is 11.1 Å². The summed E-state index contributed by atoms with van der Waals surface area (Å²) in [6.07, 6.45) is 0. The van der Waals surface area contributed by atoms with Crippen molar-refractivity contribution in [2.45, 2.75) is 13.5 Å². The molecule has 2 nitrogen and oxygen atoms in total. The summed E-state index contributed by atoms with van der Waals surface area (Å²) in [4.78, 5) is 0. The van der Waals surface area contributed by atoms with Crippen molar-refractivity contribution >= 4 is 5.69 Å². The smallest absolute Gasteiger partial charge is 0.0385 e. The van der Waals surface area contributed by atoms with Crippen molar-refractivity contribution in [3.63, 3.8) is 0 Å². The number of hydrogen-bond acceptors (Lipinski definition) is 2. The van der Waals surface area contributed by atoms with Crippen LogP contribution in [0.4, 0.5) is 5.69 Å². The lowest BCUT2D eigenvalue weighted by molar-refractivity contribution is 1.05. The molecule has 0 aliphatic rings. The molecule has 1 aromatic carbocycles. The van der Waals surface area contributed by atoms with Crippen LogP contribution in [0.2, 0.25) is 0 Å². The van der Waals surface area contributed by atoms with E-state index >= 15 is 0 Å². The summed E-state index contributed by atoms with van der Waals surface area (Å²) >= 11 is 0. The molecule has 0 saturated heterocycles. The molecule has 60 valence electrons. The number of rotatable bonds is 2. The Hall–Kier alpha value is -1.02. The molecule has 1 rings (SSSR count). The van der Waals surface area contributed by atoms with Crippen LogP contribution in [0.3, 0.4) is 0 Å². The number of benzene rings is 1. The maximum absolute atomic E-state index is 5.59. The third-order valence-corrected chi connectivity index (χ3v) is 1.88. The number of aryl methyl sites for hydroxylation is 1. The van der Waals surface area contributed by atoms with Crippen LogP contribution < -0.4 is 11.1 Å². The highest BCUT2D eigenvalue weighted by Crippen LogP contribution is 2.17. The van der Waals surface area contributed by atoms with Gasteiger partial charge in [0.05, 0.1) is 0 Å². The van der Waals surface area contributed by atoms with Gasteiger partial charge in [0, 0.05) is 19.3 Å². The van der Waals surface area contributed by atoms with Crippen LogP contribution in [0.1, 0.15) is 11.1 Å². The second-order valence-electron chi connectivity index (χ2n) is 2.56. The molecule has 0 unspecified atom stereocenters. The molecule has 2 heteroatoms. The summed E-state index contributed by atoms with van der Waals surface area (Å²) in [5.41, 5.74) is 9.17. The third-order valence-electron chi connectivity index (χ3n) is 1.88. The Morgan fingerprint density at radius 3 is 2.64 bits per heavy atom. The molecule has 0 saturated carbocycles. The van der Waals surface area contributed by atoms with Gasteiger partial charge in [0.15, 0.2) is 0 Å². The molecule has 0 radical (unpaired) electrons. The molecule has 1 aromatic rings. The van der Waals surface area contributed by atoms with Gasteiger partial charge in [-0.25, -0.2) is 0 Å². The lowest BCUT2D eigenvalue weighted by Gasteiger charge is -2.09. The molecule has 0 heterocycles. The van der Waals surface area contributed by atoms with E-state index in [4.69, 9.17) is 5.73 Å². The third kappa shape index (κ3) is 1.52. The molecule has 0 atom stereocenters.